The number of aryl methyl sites for hydroxylation is 1. The molecule has 0 saturated heterocycles. The Balaban J connectivity index is 2.26. The number of carbonyl (C=O) groups is 1. The van der Waals surface area contributed by atoms with E-state index in [2.05, 4.69) is 0 Å². The van der Waals surface area contributed by atoms with Gasteiger partial charge in [0.2, 0.25) is 0 Å². The maximum Gasteiger partial charge on any atom is 0.272 e. The fraction of sp³-hybridized carbons (Fsp3) is 0.0625. The van der Waals surface area contributed by atoms with E-state index in [1.165, 1.54) is 12.1 Å². The molecule has 0 amide bonds. The fourth-order valence-electron chi connectivity index (χ4n) is 1.88. The van der Waals surface area contributed by atoms with Crippen molar-refractivity contribution in [2.24, 2.45) is 0 Å². The van der Waals surface area contributed by atoms with Crippen molar-refractivity contribution >= 4 is 17.5 Å². The molecule has 0 aliphatic rings. The van der Waals surface area contributed by atoms with Crippen LogP contribution >= 0.6 is 0 Å². The molecule has 2 aromatic carbocycles. The topological polar surface area (TPSA) is 60.2 Å². The lowest BCUT2D eigenvalue weighted by Crippen LogP contribution is -1.99. The lowest BCUT2D eigenvalue weighted by molar-refractivity contribution is -0.385. The molecule has 0 N–H and O–H groups in total. The molecular formula is C16H11F2NO3. The normalized spacial score (nSPS) is 10.9. The van der Waals surface area contributed by atoms with E-state index in [4.69, 9.17) is 0 Å². The summed E-state index contributed by atoms with van der Waals surface area (Å²) < 4.78 is 26.3. The van der Waals surface area contributed by atoms with Crippen molar-refractivity contribution in [3.8, 4) is 0 Å². The molecule has 0 aliphatic carbocycles. The van der Waals surface area contributed by atoms with E-state index in [1.807, 2.05) is 0 Å². The van der Waals surface area contributed by atoms with Crippen molar-refractivity contribution < 1.29 is 18.5 Å². The molecule has 0 unspecified atom stereocenters. The van der Waals surface area contributed by atoms with E-state index in [0.29, 0.717) is 17.2 Å². The highest BCUT2D eigenvalue weighted by Gasteiger charge is 2.11. The molecule has 2 aromatic rings. The summed E-state index contributed by atoms with van der Waals surface area (Å²) in [5.41, 5.74) is 0.605. The van der Waals surface area contributed by atoms with Gasteiger partial charge < -0.3 is 0 Å². The van der Waals surface area contributed by atoms with Gasteiger partial charge in [-0.05, 0) is 30.7 Å². The van der Waals surface area contributed by atoms with Gasteiger partial charge in [-0.2, -0.15) is 0 Å². The number of nitrogens with zero attached hydrogens (tertiary/aromatic N) is 1. The monoisotopic (exact) mass is 303 g/mol. The Labute approximate surface area is 124 Å². The largest absolute Gasteiger partial charge is 0.289 e. The standard InChI is InChI=1S/C16H11F2NO3/c1-10-2-3-11(8-15(10)19(21)22)4-7-16(20)13-6-5-12(17)9-14(13)18/h2-9H,1H3/b7-4+. The minimum Gasteiger partial charge on any atom is -0.289 e. The quantitative estimate of drug-likeness (QED) is 0.370. The van der Waals surface area contributed by atoms with Gasteiger partial charge in [-0.3, -0.25) is 14.9 Å². The lowest BCUT2D eigenvalue weighted by atomic mass is 10.1. The van der Waals surface area contributed by atoms with E-state index >= 15 is 0 Å². The number of halogens is 2. The van der Waals surface area contributed by atoms with Crippen LogP contribution in [0.1, 0.15) is 21.5 Å². The highest BCUT2D eigenvalue weighted by atomic mass is 19.1. The first-order valence-corrected chi connectivity index (χ1v) is 6.31. The van der Waals surface area contributed by atoms with Crippen LogP contribution < -0.4 is 0 Å². The predicted molar refractivity (Wildman–Crippen MR) is 77.6 cm³/mol. The zero-order chi connectivity index (χ0) is 16.3. The average molecular weight is 303 g/mol. The molecule has 2 rings (SSSR count). The molecule has 0 spiro atoms. The average Bonchev–Trinajstić information content (AvgIpc) is 2.45. The summed E-state index contributed by atoms with van der Waals surface area (Å²) in [5, 5.41) is 10.8. The lowest BCUT2D eigenvalue weighted by Gasteiger charge is -2.00. The number of hydrogen-bond acceptors (Lipinski definition) is 3. The van der Waals surface area contributed by atoms with Crippen LogP contribution in [0.4, 0.5) is 14.5 Å². The van der Waals surface area contributed by atoms with E-state index in [1.54, 1.807) is 19.1 Å². The Morgan fingerprint density at radius 1 is 1.18 bits per heavy atom. The van der Waals surface area contributed by atoms with Gasteiger partial charge in [0, 0.05) is 17.7 Å². The summed E-state index contributed by atoms with van der Waals surface area (Å²) in [4.78, 5) is 22.2. The van der Waals surface area contributed by atoms with Crippen LogP contribution in [0.15, 0.2) is 42.5 Å². The highest BCUT2D eigenvalue weighted by Crippen LogP contribution is 2.20. The number of benzene rings is 2. The first-order chi connectivity index (χ1) is 10.4. The number of rotatable bonds is 4. The molecule has 4 nitrogen and oxygen atoms in total. The zero-order valence-electron chi connectivity index (χ0n) is 11.5. The smallest absolute Gasteiger partial charge is 0.272 e. The summed E-state index contributed by atoms with van der Waals surface area (Å²) in [7, 11) is 0. The number of carbonyl (C=O) groups excluding carboxylic acids is 1. The molecule has 0 aromatic heterocycles. The summed E-state index contributed by atoms with van der Waals surface area (Å²) in [6, 6.07) is 7.14. The molecule has 0 radical (unpaired) electrons. The number of hydrogen-bond donors (Lipinski definition) is 0. The molecule has 112 valence electrons. The predicted octanol–water partition coefficient (Wildman–Crippen LogP) is 4.08. The van der Waals surface area contributed by atoms with Crippen LogP contribution in [-0.2, 0) is 0 Å². The molecule has 6 heteroatoms. The highest BCUT2D eigenvalue weighted by molar-refractivity contribution is 6.07. The summed E-state index contributed by atoms with van der Waals surface area (Å²) in [6.07, 6.45) is 2.43. The first kappa shape index (κ1) is 15.5. The minimum atomic E-state index is -0.954. The first-order valence-electron chi connectivity index (χ1n) is 6.31. The third kappa shape index (κ3) is 3.41. The van der Waals surface area contributed by atoms with E-state index in [9.17, 15) is 23.7 Å². The van der Waals surface area contributed by atoms with Gasteiger partial charge in [0.1, 0.15) is 11.6 Å². The Morgan fingerprint density at radius 3 is 2.55 bits per heavy atom. The van der Waals surface area contributed by atoms with Crippen LogP contribution in [0.3, 0.4) is 0 Å². The molecule has 0 aliphatic heterocycles. The molecule has 0 fully saturated rings. The van der Waals surface area contributed by atoms with Gasteiger partial charge in [0.05, 0.1) is 10.5 Å². The second-order valence-corrected chi connectivity index (χ2v) is 4.62. The van der Waals surface area contributed by atoms with Crippen molar-refractivity contribution in [3.63, 3.8) is 0 Å². The Morgan fingerprint density at radius 2 is 1.91 bits per heavy atom. The van der Waals surface area contributed by atoms with Gasteiger partial charge in [0.15, 0.2) is 5.78 Å². The number of nitro groups is 1. The third-order valence-corrected chi connectivity index (χ3v) is 3.05. The van der Waals surface area contributed by atoms with Gasteiger partial charge in [-0.1, -0.05) is 18.2 Å². The van der Waals surface area contributed by atoms with Gasteiger partial charge >= 0.3 is 0 Å². The van der Waals surface area contributed by atoms with Crippen LogP contribution in [0.25, 0.3) is 6.08 Å². The third-order valence-electron chi connectivity index (χ3n) is 3.05. The van der Waals surface area contributed by atoms with Crippen molar-refractivity contribution in [2.45, 2.75) is 6.92 Å². The second-order valence-electron chi connectivity index (χ2n) is 4.62. The van der Waals surface area contributed by atoms with Crippen LogP contribution in [0.2, 0.25) is 0 Å². The molecule has 0 heterocycles. The number of ketones is 1. The zero-order valence-corrected chi connectivity index (χ0v) is 11.5. The van der Waals surface area contributed by atoms with Crippen LogP contribution in [0, 0.1) is 28.7 Å². The number of allylic oxidation sites excluding steroid dienone is 1. The van der Waals surface area contributed by atoms with Crippen molar-refractivity contribution in [2.75, 3.05) is 0 Å². The molecule has 22 heavy (non-hydrogen) atoms. The van der Waals surface area contributed by atoms with Crippen LogP contribution in [0.5, 0.6) is 0 Å². The Bertz CT molecular complexity index is 785. The number of nitro benzene ring substituents is 1. The fourth-order valence-corrected chi connectivity index (χ4v) is 1.88. The van der Waals surface area contributed by atoms with Gasteiger partial charge in [0.25, 0.3) is 5.69 Å². The SMILES string of the molecule is Cc1ccc(/C=C/C(=O)c2ccc(F)cc2F)cc1[N+](=O)[O-]. The van der Waals surface area contributed by atoms with E-state index in [-0.39, 0.29) is 11.3 Å². The van der Waals surface area contributed by atoms with E-state index in [0.717, 1.165) is 18.2 Å². The van der Waals surface area contributed by atoms with Crippen LogP contribution in [-0.4, -0.2) is 10.7 Å². The van der Waals surface area contributed by atoms with E-state index < -0.39 is 22.3 Å². The Kier molecular flexibility index (Phi) is 4.41. The molecule has 0 saturated carbocycles. The summed E-state index contributed by atoms with van der Waals surface area (Å²) in [6.45, 7) is 1.60. The maximum atomic E-state index is 13.5. The molecular weight excluding hydrogens is 292 g/mol. The summed E-state index contributed by atoms with van der Waals surface area (Å²) >= 11 is 0. The minimum absolute atomic E-state index is 0.0671. The van der Waals surface area contributed by atoms with Gasteiger partial charge in [-0.25, -0.2) is 8.78 Å². The van der Waals surface area contributed by atoms with Crippen molar-refractivity contribution in [3.05, 3.63) is 80.9 Å². The molecule has 0 atom stereocenters. The summed E-state index contributed by atoms with van der Waals surface area (Å²) in [5.74, 6) is -2.38. The Hall–Kier alpha value is -2.89. The van der Waals surface area contributed by atoms with Crippen molar-refractivity contribution in [1.82, 2.24) is 0 Å². The van der Waals surface area contributed by atoms with Crippen molar-refractivity contribution in [1.29, 1.82) is 0 Å². The second kappa shape index (κ2) is 6.26. The van der Waals surface area contributed by atoms with Gasteiger partial charge in [-0.15, -0.1) is 0 Å². The molecule has 0 bridgehead atoms. The maximum absolute atomic E-state index is 13.5.